The van der Waals surface area contributed by atoms with Crippen LogP contribution in [0.3, 0.4) is 0 Å². The second-order valence-corrected chi connectivity index (χ2v) is 7.97. The molecule has 0 fully saturated rings. The number of aromatic nitrogens is 2. The monoisotopic (exact) mass is 443 g/mol. The number of nitrogens with one attached hydrogen (secondary N) is 2. The number of anilines is 4. The highest BCUT2D eigenvalue weighted by Gasteiger charge is 2.26. The maximum atomic E-state index is 10.0. The molecule has 4 aromatic rings. The lowest BCUT2D eigenvalue weighted by Crippen LogP contribution is -2.37. The summed E-state index contributed by atoms with van der Waals surface area (Å²) < 4.78 is 11.8. The number of para-hydroxylation sites is 2. The highest BCUT2D eigenvalue weighted by Crippen LogP contribution is 2.37. The van der Waals surface area contributed by atoms with Crippen molar-refractivity contribution < 1.29 is 14.6 Å². The topological polar surface area (TPSA) is 91.8 Å². The van der Waals surface area contributed by atoms with Crippen LogP contribution in [0.1, 0.15) is 5.56 Å². The Bertz CT molecular complexity index is 1330. The number of hydrogen-bond acceptors (Lipinski definition) is 8. The molecule has 0 spiro atoms. The van der Waals surface area contributed by atoms with Crippen LogP contribution in [0.15, 0.2) is 60.9 Å². The smallest absolute Gasteiger partial charge is 0.163 e. The van der Waals surface area contributed by atoms with Gasteiger partial charge in [-0.15, -0.1) is 0 Å². The van der Waals surface area contributed by atoms with Crippen LogP contribution in [-0.2, 0) is 0 Å². The van der Waals surface area contributed by atoms with Gasteiger partial charge in [-0.25, -0.2) is 9.97 Å². The number of methoxy groups -OCH3 is 1. The van der Waals surface area contributed by atoms with E-state index in [1.807, 2.05) is 50.4 Å². The zero-order chi connectivity index (χ0) is 22.9. The SMILES string of the molecule is COc1cc2c(Nc3ccc(C)c(O)c3)ncnc2cc1OCC1Nc2ccccc2N1C. The Morgan fingerprint density at radius 2 is 1.94 bits per heavy atom. The minimum absolute atomic E-state index is 0.000329. The molecule has 0 saturated heterocycles. The Morgan fingerprint density at radius 1 is 1.09 bits per heavy atom. The van der Waals surface area contributed by atoms with Gasteiger partial charge in [-0.3, -0.25) is 0 Å². The second-order valence-electron chi connectivity index (χ2n) is 7.97. The van der Waals surface area contributed by atoms with Gasteiger partial charge in [0.05, 0.1) is 24.0 Å². The zero-order valence-corrected chi connectivity index (χ0v) is 18.7. The van der Waals surface area contributed by atoms with Crippen LogP contribution in [0.5, 0.6) is 17.2 Å². The molecule has 1 aromatic heterocycles. The summed E-state index contributed by atoms with van der Waals surface area (Å²) >= 11 is 0. The number of aryl methyl sites for hydroxylation is 1. The van der Waals surface area contributed by atoms with Gasteiger partial charge in [0.25, 0.3) is 0 Å². The highest BCUT2D eigenvalue weighted by atomic mass is 16.5. The van der Waals surface area contributed by atoms with Crippen molar-refractivity contribution in [2.75, 3.05) is 36.3 Å². The fourth-order valence-corrected chi connectivity index (χ4v) is 3.93. The molecule has 0 radical (unpaired) electrons. The number of fused-ring (bicyclic) bond motifs is 2. The lowest BCUT2D eigenvalue weighted by Gasteiger charge is -2.23. The molecule has 2 heterocycles. The number of benzene rings is 3. The van der Waals surface area contributed by atoms with E-state index >= 15 is 0 Å². The number of nitrogens with zero attached hydrogens (tertiary/aromatic N) is 3. The Balaban J connectivity index is 1.40. The molecule has 1 atom stereocenters. The molecule has 0 aliphatic carbocycles. The van der Waals surface area contributed by atoms with Crippen molar-refractivity contribution in [2.45, 2.75) is 13.1 Å². The zero-order valence-electron chi connectivity index (χ0n) is 18.7. The van der Waals surface area contributed by atoms with Gasteiger partial charge in [0.15, 0.2) is 11.5 Å². The minimum Gasteiger partial charge on any atom is -0.508 e. The van der Waals surface area contributed by atoms with E-state index in [-0.39, 0.29) is 11.9 Å². The van der Waals surface area contributed by atoms with Crippen LogP contribution in [0.2, 0.25) is 0 Å². The molecule has 1 aliphatic heterocycles. The average molecular weight is 444 g/mol. The quantitative estimate of drug-likeness (QED) is 0.396. The van der Waals surface area contributed by atoms with E-state index in [1.165, 1.54) is 6.33 Å². The van der Waals surface area contributed by atoms with Gasteiger partial charge in [-0.2, -0.15) is 0 Å². The van der Waals surface area contributed by atoms with E-state index in [0.717, 1.165) is 33.5 Å². The molecule has 1 unspecified atom stereocenters. The molecule has 0 amide bonds. The van der Waals surface area contributed by atoms with Gasteiger partial charge in [0.2, 0.25) is 0 Å². The van der Waals surface area contributed by atoms with Crippen molar-refractivity contribution in [1.82, 2.24) is 9.97 Å². The summed E-state index contributed by atoms with van der Waals surface area (Å²) in [5, 5.41) is 17.5. The third-order valence-corrected chi connectivity index (χ3v) is 5.86. The van der Waals surface area contributed by atoms with Crippen molar-refractivity contribution in [3.8, 4) is 17.2 Å². The summed E-state index contributed by atoms with van der Waals surface area (Å²) in [5.41, 5.74) is 4.48. The summed E-state index contributed by atoms with van der Waals surface area (Å²) in [4.78, 5) is 11.0. The first-order chi connectivity index (χ1) is 16.0. The van der Waals surface area contributed by atoms with Crippen LogP contribution in [0, 0.1) is 6.92 Å². The van der Waals surface area contributed by atoms with Crippen LogP contribution in [-0.4, -0.2) is 42.0 Å². The molecule has 33 heavy (non-hydrogen) atoms. The minimum atomic E-state index is -0.000329. The molecule has 8 heteroatoms. The number of rotatable bonds is 6. The van der Waals surface area contributed by atoms with E-state index in [4.69, 9.17) is 9.47 Å². The number of hydrogen-bond donors (Lipinski definition) is 3. The molecule has 168 valence electrons. The van der Waals surface area contributed by atoms with Crippen molar-refractivity contribution in [2.24, 2.45) is 0 Å². The Morgan fingerprint density at radius 3 is 2.73 bits per heavy atom. The lowest BCUT2D eigenvalue weighted by molar-refractivity contribution is 0.280. The largest absolute Gasteiger partial charge is 0.508 e. The summed E-state index contributed by atoms with van der Waals surface area (Å²) in [6.45, 7) is 2.27. The fourth-order valence-electron chi connectivity index (χ4n) is 3.93. The fraction of sp³-hybridized carbons (Fsp3) is 0.200. The van der Waals surface area contributed by atoms with Crippen LogP contribution >= 0.6 is 0 Å². The van der Waals surface area contributed by atoms with Gasteiger partial charge < -0.3 is 30.1 Å². The van der Waals surface area contributed by atoms with Gasteiger partial charge in [0, 0.05) is 30.3 Å². The number of aromatic hydroxyl groups is 1. The Kier molecular flexibility index (Phi) is 5.26. The first kappa shape index (κ1) is 20.7. The second kappa shape index (κ2) is 8.38. The lowest BCUT2D eigenvalue weighted by atomic mass is 10.2. The van der Waals surface area contributed by atoms with Gasteiger partial charge in [-0.1, -0.05) is 18.2 Å². The van der Waals surface area contributed by atoms with Crippen LogP contribution < -0.4 is 25.0 Å². The standard InChI is InChI=1S/C25H25N5O3/c1-15-8-9-16(10-21(15)31)28-25-17-11-22(32-3)23(12-19(17)26-14-27-25)33-13-24-29-18-6-4-5-7-20(18)30(24)2/h4-12,14,24,29,31H,13H2,1-3H3,(H,26,27,28). The summed E-state index contributed by atoms with van der Waals surface area (Å²) in [5.74, 6) is 2.03. The number of phenols is 1. The van der Waals surface area contributed by atoms with E-state index in [1.54, 1.807) is 13.2 Å². The normalized spacial score (nSPS) is 14.6. The molecule has 3 aromatic carbocycles. The van der Waals surface area contributed by atoms with Crippen molar-refractivity contribution in [3.05, 3.63) is 66.5 Å². The third-order valence-electron chi connectivity index (χ3n) is 5.86. The van der Waals surface area contributed by atoms with Crippen LogP contribution in [0.4, 0.5) is 22.9 Å². The summed E-state index contributed by atoms with van der Waals surface area (Å²) in [6, 6.07) is 17.3. The van der Waals surface area contributed by atoms with Crippen LogP contribution in [0.25, 0.3) is 10.9 Å². The molecule has 8 nitrogen and oxygen atoms in total. The molecular weight excluding hydrogens is 418 g/mol. The van der Waals surface area contributed by atoms with Crippen molar-refractivity contribution in [1.29, 1.82) is 0 Å². The van der Waals surface area contributed by atoms with E-state index < -0.39 is 0 Å². The molecule has 5 rings (SSSR count). The summed E-state index contributed by atoms with van der Waals surface area (Å²) in [7, 11) is 3.65. The predicted molar refractivity (Wildman–Crippen MR) is 130 cm³/mol. The van der Waals surface area contributed by atoms with Crippen molar-refractivity contribution in [3.63, 3.8) is 0 Å². The van der Waals surface area contributed by atoms with E-state index in [9.17, 15) is 5.11 Å². The number of likely N-dealkylation sites (N-methyl/N-ethyl adjacent to an activating group) is 1. The van der Waals surface area contributed by atoms with E-state index in [2.05, 4.69) is 37.6 Å². The first-order valence-corrected chi connectivity index (χ1v) is 10.6. The Labute approximate surface area is 191 Å². The van der Waals surface area contributed by atoms with Gasteiger partial charge in [0.1, 0.15) is 30.7 Å². The maximum Gasteiger partial charge on any atom is 0.163 e. The average Bonchev–Trinajstić information content (AvgIpc) is 3.15. The number of phenolic OH excluding ortho intramolecular Hbond substituents is 1. The van der Waals surface area contributed by atoms with Gasteiger partial charge >= 0.3 is 0 Å². The molecule has 1 aliphatic rings. The third kappa shape index (κ3) is 3.91. The highest BCUT2D eigenvalue weighted by molar-refractivity contribution is 5.93. The maximum absolute atomic E-state index is 10.0. The van der Waals surface area contributed by atoms with Crippen molar-refractivity contribution >= 4 is 33.8 Å². The summed E-state index contributed by atoms with van der Waals surface area (Å²) in [6.07, 6.45) is 1.50. The Hall–Kier alpha value is -4.20. The molecule has 0 saturated carbocycles. The molecule has 3 N–H and O–H groups in total. The van der Waals surface area contributed by atoms with Gasteiger partial charge in [-0.05, 0) is 36.8 Å². The first-order valence-electron chi connectivity index (χ1n) is 10.6. The predicted octanol–water partition coefficient (Wildman–Crippen LogP) is 4.66. The van der Waals surface area contributed by atoms with E-state index in [0.29, 0.717) is 23.9 Å². The number of ether oxygens (including phenoxy) is 2. The molecule has 0 bridgehead atoms. The molecular formula is C25H25N5O3.